The number of hydrogen-bond donors (Lipinski definition) is 2. The maximum absolute atomic E-state index is 13.5. The quantitative estimate of drug-likeness (QED) is 0.578. The molecule has 2 saturated heterocycles. The highest BCUT2D eigenvalue weighted by molar-refractivity contribution is 9.11. The van der Waals surface area contributed by atoms with Crippen LogP contribution < -0.4 is 15.5 Å². The molecular formula is C23H22BrN3O5S. The summed E-state index contributed by atoms with van der Waals surface area (Å²) < 4.78 is 11.9. The molecule has 3 atom stereocenters. The van der Waals surface area contributed by atoms with Crippen LogP contribution in [0, 0.1) is 6.92 Å². The summed E-state index contributed by atoms with van der Waals surface area (Å²) in [6, 6.07) is 8.92. The van der Waals surface area contributed by atoms with Crippen molar-refractivity contribution in [2.45, 2.75) is 31.1 Å². The molecule has 33 heavy (non-hydrogen) atoms. The van der Waals surface area contributed by atoms with Crippen molar-refractivity contribution in [1.82, 2.24) is 5.32 Å². The lowest BCUT2D eigenvalue weighted by molar-refractivity contribution is -0.125. The molecular weight excluding hydrogens is 510 g/mol. The molecule has 1 aromatic heterocycles. The number of aryl methyl sites for hydroxylation is 1. The minimum Gasteiger partial charge on any atom is -0.370 e. The molecule has 0 spiro atoms. The fourth-order valence-corrected chi connectivity index (χ4v) is 5.77. The van der Waals surface area contributed by atoms with Gasteiger partial charge in [-0.05, 0) is 58.7 Å². The Kier molecular flexibility index (Phi) is 5.86. The Morgan fingerprint density at radius 2 is 2.09 bits per heavy atom. The van der Waals surface area contributed by atoms with Crippen LogP contribution in [0.15, 0.2) is 46.3 Å². The lowest BCUT2D eigenvalue weighted by atomic mass is 9.84. The summed E-state index contributed by atoms with van der Waals surface area (Å²) in [5.74, 6) is -0.741. The van der Waals surface area contributed by atoms with Gasteiger partial charge in [-0.1, -0.05) is 12.2 Å². The molecule has 2 bridgehead atoms. The molecule has 2 fully saturated rings. The fourth-order valence-electron chi connectivity index (χ4n) is 4.49. The number of rotatable bonds is 5. The van der Waals surface area contributed by atoms with Crippen LogP contribution in [-0.4, -0.2) is 55.2 Å². The minimum atomic E-state index is -1.21. The zero-order valence-corrected chi connectivity index (χ0v) is 20.2. The average molecular weight is 532 g/mol. The molecule has 3 unspecified atom stereocenters. The predicted octanol–water partition coefficient (Wildman–Crippen LogP) is 3.02. The van der Waals surface area contributed by atoms with Crippen LogP contribution in [0.4, 0.5) is 11.4 Å². The van der Waals surface area contributed by atoms with E-state index in [1.54, 1.807) is 23.1 Å². The van der Waals surface area contributed by atoms with Crippen LogP contribution in [0.25, 0.3) is 0 Å². The molecule has 8 nitrogen and oxygen atoms in total. The second kappa shape index (κ2) is 8.68. The van der Waals surface area contributed by atoms with E-state index in [1.165, 1.54) is 11.3 Å². The lowest BCUT2D eigenvalue weighted by Crippen LogP contribution is -2.61. The number of carbonyl (C=O) groups is 3. The molecule has 4 heterocycles. The van der Waals surface area contributed by atoms with Gasteiger partial charge in [-0.15, -0.1) is 11.3 Å². The molecule has 1 aromatic carbocycles. The van der Waals surface area contributed by atoms with E-state index in [0.717, 1.165) is 15.0 Å². The van der Waals surface area contributed by atoms with Gasteiger partial charge in [-0.3, -0.25) is 14.4 Å². The molecule has 3 amide bonds. The fraction of sp³-hybridized carbons (Fsp3) is 0.348. The smallest absolute Gasteiger partial charge is 0.262 e. The first-order valence-corrected chi connectivity index (χ1v) is 12.2. The molecule has 0 saturated carbocycles. The molecule has 2 N–H and O–H groups in total. The summed E-state index contributed by atoms with van der Waals surface area (Å²) in [5.41, 5.74) is 1.02. The minimum absolute atomic E-state index is 0.0665. The van der Waals surface area contributed by atoms with Crippen molar-refractivity contribution in [3.05, 3.63) is 56.7 Å². The number of benzene rings is 1. The standard InChI is InChI=1S/C23H22BrN3O5S/c1-13-10-14(2-4-16(13)27-8-9-31-12-20(27)28)25-22(30)23(11-15-3-6-18(23)32-15)26-21(29)17-5-7-19(24)33-17/h2-7,10,15,18H,8-9,11-12H2,1H3,(H,25,30)(H,26,29). The van der Waals surface area contributed by atoms with Gasteiger partial charge in [0, 0.05) is 24.3 Å². The van der Waals surface area contributed by atoms with Crippen LogP contribution in [0.2, 0.25) is 0 Å². The van der Waals surface area contributed by atoms with E-state index >= 15 is 0 Å². The molecule has 10 heteroatoms. The first-order chi connectivity index (χ1) is 15.9. The van der Waals surface area contributed by atoms with Gasteiger partial charge in [0.05, 0.1) is 21.4 Å². The van der Waals surface area contributed by atoms with Crippen LogP contribution in [0.3, 0.4) is 0 Å². The van der Waals surface area contributed by atoms with Crippen LogP contribution in [0.5, 0.6) is 0 Å². The summed E-state index contributed by atoms with van der Waals surface area (Å²) in [4.78, 5) is 40.8. The number of amides is 3. The number of hydrogen-bond acceptors (Lipinski definition) is 6. The van der Waals surface area contributed by atoms with Gasteiger partial charge in [0.25, 0.3) is 17.7 Å². The maximum Gasteiger partial charge on any atom is 0.262 e. The van der Waals surface area contributed by atoms with Crippen LogP contribution >= 0.6 is 27.3 Å². The van der Waals surface area contributed by atoms with E-state index in [-0.39, 0.29) is 30.4 Å². The predicted molar refractivity (Wildman–Crippen MR) is 128 cm³/mol. The van der Waals surface area contributed by atoms with Crippen LogP contribution in [-0.2, 0) is 19.1 Å². The van der Waals surface area contributed by atoms with E-state index in [1.807, 2.05) is 31.2 Å². The SMILES string of the molecule is Cc1cc(NC(=O)C2(NC(=O)c3ccc(Br)s3)CC3C=CC2O3)ccc1N1CCOCC1=O. The van der Waals surface area contributed by atoms with E-state index in [4.69, 9.17) is 9.47 Å². The van der Waals surface area contributed by atoms with Crippen molar-refractivity contribution in [3.63, 3.8) is 0 Å². The Balaban J connectivity index is 1.37. The molecule has 2 aromatic rings. The van der Waals surface area contributed by atoms with Gasteiger partial charge < -0.3 is 25.0 Å². The Morgan fingerprint density at radius 1 is 1.24 bits per heavy atom. The Labute approximate surface area is 203 Å². The number of carbonyl (C=O) groups excluding carboxylic acids is 3. The number of morpholine rings is 1. The molecule has 0 radical (unpaired) electrons. The summed E-state index contributed by atoms with van der Waals surface area (Å²) in [7, 11) is 0. The topological polar surface area (TPSA) is 97.0 Å². The van der Waals surface area contributed by atoms with Crippen molar-refractivity contribution in [2.75, 3.05) is 30.0 Å². The van der Waals surface area contributed by atoms with Gasteiger partial charge in [-0.25, -0.2) is 0 Å². The molecule has 3 aliphatic rings. The second-order valence-electron chi connectivity index (χ2n) is 8.27. The van der Waals surface area contributed by atoms with Crippen molar-refractivity contribution < 1.29 is 23.9 Å². The highest BCUT2D eigenvalue weighted by Gasteiger charge is 2.56. The van der Waals surface area contributed by atoms with E-state index in [0.29, 0.717) is 30.1 Å². The van der Waals surface area contributed by atoms with Crippen molar-refractivity contribution >= 4 is 56.4 Å². The van der Waals surface area contributed by atoms with Crippen LogP contribution in [0.1, 0.15) is 21.7 Å². The van der Waals surface area contributed by atoms with Gasteiger partial charge in [0.2, 0.25) is 0 Å². The van der Waals surface area contributed by atoms with E-state index < -0.39 is 11.6 Å². The Morgan fingerprint density at radius 3 is 2.73 bits per heavy atom. The zero-order chi connectivity index (χ0) is 23.2. The zero-order valence-electron chi connectivity index (χ0n) is 17.8. The number of thiophene rings is 1. The van der Waals surface area contributed by atoms with E-state index in [2.05, 4.69) is 26.6 Å². The number of anilines is 2. The summed E-state index contributed by atoms with van der Waals surface area (Å²) in [6.07, 6.45) is 3.35. The highest BCUT2D eigenvalue weighted by atomic mass is 79.9. The third kappa shape index (κ3) is 4.12. The average Bonchev–Trinajstić information content (AvgIpc) is 3.51. The van der Waals surface area contributed by atoms with Gasteiger partial charge in [0.1, 0.15) is 12.7 Å². The molecule has 172 valence electrons. The Hall–Kier alpha value is -2.53. The summed E-state index contributed by atoms with van der Waals surface area (Å²) >= 11 is 4.67. The monoisotopic (exact) mass is 531 g/mol. The number of nitrogens with zero attached hydrogens (tertiary/aromatic N) is 1. The third-order valence-electron chi connectivity index (χ3n) is 6.10. The van der Waals surface area contributed by atoms with Crippen molar-refractivity contribution in [2.24, 2.45) is 0 Å². The van der Waals surface area contributed by atoms with Gasteiger partial charge >= 0.3 is 0 Å². The summed E-state index contributed by atoms with van der Waals surface area (Å²) in [5, 5.41) is 5.90. The molecule has 5 rings (SSSR count). The first-order valence-electron chi connectivity index (χ1n) is 10.6. The summed E-state index contributed by atoms with van der Waals surface area (Å²) in [6.45, 7) is 2.94. The highest BCUT2D eigenvalue weighted by Crippen LogP contribution is 2.39. The van der Waals surface area contributed by atoms with Gasteiger partial charge in [0.15, 0.2) is 5.54 Å². The normalized spacial score (nSPS) is 26.0. The van der Waals surface area contributed by atoms with Crippen molar-refractivity contribution in [1.29, 1.82) is 0 Å². The third-order valence-corrected chi connectivity index (χ3v) is 7.72. The largest absolute Gasteiger partial charge is 0.370 e. The first kappa shape index (κ1) is 22.3. The maximum atomic E-state index is 13.5. The lowest BCUT2D eigenvalue weighted by Gasteiger charge is -2.33. The Bertz CT molecular complexity index is 1160. The van der Waals surface area contributed by atoms with E-state index in [9.17, 15) is 14.4 Å². The number of halogens is 1. The number of nitrogens with one attached hydrogen (secondary N) is 2. The van der Waals surface area contributed by atoms with Gasteiger partial charge in [-0.2, -0.15) is 0 Å². The molecule has 0 aliphatic carbocycles. The number of fused-ring (bicyclic) bond motifs is 2. The van der Waals surface area contributed by atoms with Crippen molar-refractivity contribution in [3.8, 4) is 0 Å². The molecule has 3 aliphatic heterocycles. The number of ether oxygens (including phenoxy) is 2. The second-order valence-corrected chi connectivity index (χ2v) is 10.7.